The minimum Gasteiger partial charge on any atom is -0.450 e. The number of hydrogen-bond donors (Lipinski definition) is 1. The number of aromatic nitrogens is 2. The van der Waals surface area contributed by atoms with Crippen LogP contribution < -0.4 is 15.1 Å². The number of rotatable bonds is 3. The van der Waals surface area contributed by atoms with E-state index in [-0.39, 0.29) is 0 Å². The minimum atomic E-state index is 0.483. The molecule has 0 radical (unpaired) electrons. The van der Waals surface area contributed by atoms with Gasteiger partial charge in [-0.15, -0.1) is 0 Å². The Kier molecular flexibility index (Phi) is 4.77. The number of piperazine rings is 1. The number of benzene rings is 2. The summed E-state index contributed by atoms with van der Waals surface area (Å²) in [6.07, 6.45) is 1.62. The highest BCUT2D eigenvalue weighted by molar-refractivity contribution is 7.80. The Morgan fingerprint density at radius 3 is 2.84 bits per heavy atom. The summed E-state index contributed by atoms with van der Waals surface area (Å²) in [5.74, 6) is 1.63. The molecule has 0 unspecified atom stereocenters. The average molecular weight is 448 g/mol. The largest absolute Gasteiger partial charge is 0.450 e. The lowest BCUT2D eigenvalue weighted by Crippen LogP contribution is -2.51. The summed E-state index contributed by atoms with van der Waals surface area (Å²) in [6.45, 7) is 4.37. The first-order valence-corrected chi connectivity index (χ1v) is 11.0. The molecule has 4 heterocycles. The summed E-state index contributed by atoms with van der Waals surface area (Å²) in [7, 11) is 0. The zero-order valence-corrected chi connectivity index (χ0v) is 18.1. The van der Waals surface area contributed by atoms with Gasteiger partial charge in [0.05, 0.1) is 0 Å². The molecule has 0 aliphatic carbocycles. The predicted octanol–water partition coefficient (Wildman–Crippen LogP) is 3.40. The van der Waals surface area contributed by atoms with E-state index in [2.05, 4.69) is 31.2 Å². The maximum absolute atomic E-state index is 6.09. The van der Waals surface area contributed by atoms with Gasteiger partial charge in [-0.1, -0.05) is 18.2 Å². The molecule has 162 valence electrons. The van der Waals surface area contributed by atoms with E-state index < -0.39 is 0 Å². The molecule has 0 saturated carbocycles. The third-order valence-electron chi connectivity index (χ3n) is 5.94. The van der Waals surface area contributed by atoms with Gasteiger partial charge in [-0.2, -0.15) is 4.89 Å². The van der Waals surface area contributed by atoms with Gasteiger partial charge < -0.3 is 24.4 Å². The van der Waals surface area contributed by atoms with E-state index in [1.54, 1.807) is 6.33 Å². The standard InChI is InChI=1S/C23H21N5O3S/c32-23(24-12-15-5-6-18-16(11-15)13-29-31-18)28-9-7-27(8-10-28)22-21-20(25-14-26-22)17-3-1-2-4-19(17)30-21/h1-6,11,14H,7-10,12-13H2,(H,24,32). The molecule has 8 nitrogen and oxygen atoms in total. The molecule has 2 aliphatic rings. The van der Waals surface area contributed by atoms with Crippen LogP contribution in [-0.4, -0.2) is 46.2 Å². The molecule has 0 spiro atoms. The molecular formula is C23H21N5O3S. The third kappa shape index (κ3) is 3.39. The van der Waals surface area contributed by atoms with Crippen molar-refractivity contribution in [2.45, 2.75) is 13.2 Å². The van der Waals surface area contributed by atoms with Crippen LogP contribution >= 0.6 is 12.2 Å². The van der Waals surface area contributed by atoms with Crippen molar-refractivity contribution >= 4 is 45.2 Å². The number of furan rings is 1. The van der Waals surface area contributed by atoms with Crippen molar-refractivity contribution in [3.8, 4) is 5.75 Å². The second-order valence-corrected chi connectivity index (χ2v) is 8.28. The topological polar surface area (TPSA) is 75.9 Å². The summed E-state index contributed by atoms with van der Waals surface area (Å²) in [5.41, 5.74) is 4.64. The summed E-state index contributed by atoms with van der Waals surface area (Å²) in [4.78, 5) is 23.5. The van der Waals surface area contributed by atoms with E-state index in [0.29, 0.717) is 13.2 Å². The Balaban J connectivity index is 1.11. The van der Waals surface area contributed by atoms with Gasteiger partial charge in [0, 0.05) is 43.7 Å². The average Bonchev–Trinajstić information content (AvgIpc) is 3.46. The Hall–Kier alpha value is -3.43. The van der Waals surface area contributed by atoms with Gasteiger partial charge in [-0.3, -0.25) is 0 Å². The predicted molar refractivity (Wildman–Crippen MR) is 124 cm³/mol. The molecule has 1 N–H and O–H groups in total. The van der Waals surface area contributed by atoms with Crippen molar-refractivity contribution in [3.63, 3.8) is 0 Å². The van der Waals surface area contributed by atoms with Crippen molar-refractivity contribution in [3.05, 3.63) is 59.9 Å². The lowest BCUT2D eigenvalue weighted by Gasteiger charge is -2.36. The molecule has 2 aromatic carbocycles. The van der Waals surface area contributed by atoms with Gasteiger partial charge in [0.2, 0.25) is 0 Å². The van der Waals surface area contributed by atoms with E-state index in [0.717, 1.165) is 76.1 Å². The number of nitrogens with zero attached hydrogens (tertiary/aromatic N) is 4. The quantitative estimate of drug-likeness (QED) is 0.376. The fraction of sp³-hybridized carbons (Fsp3) is 0.261. The smallest absolute Gasteiger partial charge is 0.196 e. The minimum absolute atomic E-state index is 0.483. The first-order chi connectivity index (χ1) is 15.8. The van der Waals surface area contributed by atoms with Gasteiger partial charge in [0.15, 0.2) is 22.3 Å². The molecule has 0 amide bonds. The Morgan fingerprint density at radius 2 is 1.94 bits per heavy atom. The monoisotopic (exact) mass is 447 g/mol. The van der Waals surface area contributed by atoms with Gasteiger partial charge in [-0.25, -0.2) is 9.97 Å². The van der Waals surface area contributed by atoms with Crippen LogP contribution in [-0.2, 0) is 18.0 Å². The fourth-order valence-corrected chi connectivity index (χ4v) is 4.50. The first-order valence-electron chi connectivity index (χ1n) is 10.6. The van der Waals surface area contributed by atoms with E-state index in [4.69, 9.17) is 26.4 Å². The molecule has 2 aliphatic heterocycles. The van der Waals surface area contributed by atoms with E-state index in [1.807, 2.05) is 36.4 Å². The molecule has 1 saturated heterocycles. The molecule has 1 fully saturated rings. The summed E-state index contributed by atoms with van der Waals surface area (Å²) >= 11 is 5.65. The zero-order valence-electron chi connectivity index (χ0n) is 17.3. The lowest BCUT2D eigenvalue weighted by molar-refractivity contribution is -0.194. The van der Waals surface area contributed by atoms with E-state index in [9.17, 15) is 0 Å². The third-order valence-corrected chi connectivity index (χ3v) is 6.34. The van der Waals surface area contributed by atoms with Crippen LogP contribution in [0.25, 0.3) is 22.1 Å². The highest BCUT2D eigenvalue weighted by atomic mass is 32.1. The number of thiocarbonyl (C=S) groups is 1. The first kappa shape index (κ1) is 19.3. The number of para-hydroxylation sites is 1. The van der Waals surface area contributed by atoms with Crippen LogP contribution in [0.5, 0.6) is 5.75 Å². The van der Waals surface area contributed by atoms with Crippen LogP contribution in [0.2, 0.25) is 0 Å². The van der Waals surface area contributed by atoms with Crippen LogP contribution in [0.4, 0.5) is 5.82 Å². The zero-order chi connectivity index (χ0) is 21.5. The number of hydrogen-bond acceptors (Lipinski definition) is 7. The number of anilines is 1. The molecular weight excluding hydrogens is 426 g/mol. The van der Waals surface area contributed by atoms with Gasteiger partial charge in [-0.05, 0) is 42.0 Å². The van der Waals surface area contributed by atoms with Crippen LogP contribution in [0.15, 0.2) is 53.2 Å². The molecule has 32 heavy (non-hydrogen) atoms. The van der Waals surface area contributed by atoms with Crippen LogP contribution in [0, 0.1) is 0 Å². The van der Waals surface area contributed by atoms with E-state index >= 15 is 0 Å². The maximum atomic E-state index is 6.09. The van der Waals surface area contributed by atoms with E-state index in [1.165, 1.54) is 0 Å². The Bertz CT molecular complexity index is 1320. The van der Waals surface area contributed by atoms with Gasteiger partial charge in [0.25, 0.3) is 0 Å². The molecule has 4 aromatic rings. The molecule has 0 bridgehead atoms. The van der Waals surface area contributed by atoms with Crippen molar-refractivity contribution in [2.75, 3.05) is 31.1 Å². The van der Waals surface area contributed by atoms with Crippen molar-refractivity contribution < 1.29 is 14.2 Å². The molecule has 0 atom stereocenters. The Labute approximate surface area is 189 Å². The summed E-state index contributed by atoms with van der Waals surface area (Å²) in [5, 5.41) is 5.15. The molecule has 6 rings (SSSR count). The van der Waals surface area contributed by atoms with Crippen molar-refractivity contribution in [1.29, 1.82) is 0 Å². The summed E-state index contributed by atoms with van der Waals surface area (Å²) < 4.78 is 6.09. The second kappa shape index (κ2) is 7.92. The highest BCUT2D eigenvalue weighted by Gasteiger charge is 2.24. The summed E-state index contributed by atoms with van der Waals surface area (Å²) in [6, 6.07) is 14.0. The maximum Gasteiger partial charge on any atom is 0.196 e. The fourth-order valence-electron chi connectivity index (χ4n) is 4.24. The SMILES string of the molecule is S=C(NCc1ccc2c(c1)COO2)N1CCN(c2ncnc3c2oc2ccccc23)CC1. The lowest BCUT2D eigenvalue weighted by atomic mass is 10.1. The van der Waals surface area contributed by atoms with Gasteiger partial charge >= 0.3 is 0 Å². The van der Waals surface area contributed by atoms with Crippen molar-refractivity contribution in [2.24, 2.45) is 0 Å². The van der Waals surface area contributed by atoms with Gasteiger partial charge in [0.1, 0.15) is 24.0 Å². The Morgan fingerprint density at radius 1 is 1.06 bits per heavy atom. The van der Waals surface area contributed by atoms with Crippen LogP contribution in [0.3, 0.4) is 0 Å². The number of nitrogens with one attached hydrogen (secondary N) is 1. The normalized spacial score (nSPS) is 15.8. The highest BCUT2D eigenvalue weighted by Crippen LogP contribution is 2.32. The second-order valence-electron chi connectivity index (χ2n) is 7.89. The molecule has 2 aromatic heterocycles. The number of fused-ring (bicyclic) bond motifs is 4. The molecule has 9 heteroatoms. The van der Waals surface area contributed by atoms with Crippen molar-refractivity contribution in [1.82, 2.24) is 20.2 Å². The van der Waals surface area contributed by atoms with Crippen LogP contribution in [0.1, 0.15) is 11.1 Å².